The Labute approximate surface area is 152 Å². The van der Waals surface area contributed by atoms with Crippen LogP contribution in [-0.2, 0) is 11.2 Å². The molecule has 2 aliphatic rings. The van der Waals surface area contributed by atoms with E-state index in [1.165, 1.54) is 18.4 Å². The van der Waals surface area contributed by atoms with Gasteiger partial charge in [0.2, 0.25) is 0 Å². The van der Waals surface area contributed by atoms with Gasteiger partial charge < -0.3 is 14.5 Å². The van der Waals surface area contributed by atoms with E-state index in [0.29, 0.717) is 11.8 Å². The molecule has 0 aromatic heterocycles. The van der Waals surface area contributed by atoms with Crippen molar-refractivity contribution in [1.29, 1.82) is 0 Å². The zero-order valence-corrected chi connectivity index (χ0v) is 16.1. The molecule has 2 unspecified atom stereocenters. The summed E-state index contributed by atoms with van der Waals surface area (Å²) in [6.45, 7) is 8.47. The number of benzene rings is 1. The summed E-state index contributed by atoms with van der Waals surface area (Å²) in [6, 6.07) is 11.4. The SMILES string of the molecule is CN(CC1CN(C(=O)OC(C)(C)C)CC1Cc1ccccc1)C1CC1. The van der Waals surface area contributed by atoms with E-state index in [9.17, 15) is 4.79 Å². The fourth-order valence-electron chi connectivity index (χ4n) is 3.80. The predicted molar refractivity (Wildman–Crippen MR) is 101 cm³/mol. The van der Waals surface area contributed by atoms with Crippen LogP contribution < -0.4 is 0 Å². The second-order valence-corrected chi connectivity index (χ2v) is 8.77. The van der Waals surface area contributed by atoms with Crippen LogP contribution in [0, 0.1) is 11.8 Å². The molecule has 25 heavy (non-hydrogen) atoms. The second-order valence-electron chi connectivity index (χ2n) is 8.77. The molecule has 1 aliphatic heterocycles. The van der Waals surface area contributed by atoms with Gasteiger partial charge in [0.15, 0.2) is 0 Å². The van der Waals surface area contributed by atoms with E-state index in [2.05, 4.69) is 42.3 Å². The standard InChI is InChI=1S/C21H32N2O2/c1-21(2,3)25-20(24)23-14-17(12-16-8-6-5-7-9-16)18(15-23)13-22(4)19-10-11-19/h5-9,17-19H,10-15H2,1-4H3. The minimum atomic E-state index is -0.436. The number of carbonyl (C=O) groups is 1. The van der Waals surface area contributed by atoms with E-state index in [-0.39, 0.29) is 6.09 Å². The number of rotatable bonds is 5. The van der Waals surface area contributed by atoms with Crippen molar-refractivity contribution in [2.24, 2.45) is 11.8 Å². The summed E-state index contributed by atoms with van der Waals surface area (Å²) in [4.78, 5) is 16.9. The average Bonchev–Trinajstić information content (AvgIpc) is 3.31. The van der Waals surface area contributed by atoms with Gasteiger partial charge >= 0.3 is 6.09 Å². The van der Waals surface area contributed by atoms with Crippen LogP contribution in [0.3, 0.4) is 0 Å². The van der Waals surface area contributed by atoms with Gasteiger partial charge in [-0.15, -0.1) is 0 Å². The zero-order valence-electron chi connectivity index (χ0n) is 16.1. The molecule has 4 nitrogen and oxygen atoms in total. The first-order chi connectivity index (χ1) is 11.8. The first-order valence-electron chi connectivity index (χ1n) is 9.54. The van der Waals surface area contributed by atoms with Crippen LogP contribution >= 0.6 is 0 Å². The maximum Gasteiger partial charge on any atom is 0.410 e. The third kappa shape index (κ3) is 5.21. The van der Waals surface area contributed by atoms with E-state index in [1.807, 2.05) is 25.7 Å². The Morgan fingerprint density at radius 3 is 2.40 bits per heavy atom. The molecular formula is C21H32N2O2. The van der Waals surface area contributed by atoms with Gasteiger partial charge in [-0.1, -0.05) is 30.3 Å². The third-order valence-electron chi connectivity index (χ3n) is 5.26. The van der Waals surface area contributed by atoms with Gasteiger partial charge in [-0.25, -0.2) is 4.79 Å². The molecule has 0 radical (unpaired) electrons. The number of hydrogen-bond acceptors (Lipinski definition) is 3. The van der Waals surface area contributed by atoms with Crippen molar-refractivity contribution >= 4 is 6.09 Å². The van der Waals surface area contributed by atoms with Gasteiger partial charge in [0.05, 0.1) is 0 Å². The third-order valence-corrected chi connectivity index (χ3v) is 5.26. The lowest BCUT2D eigenvalue weighted by atomic mass is 9.89. The Balaban J connectivity index is 1.66. The minimum Gasteiger partial charge on any atom is -0.444 e. The number of nitrogens with zero attached hydrogens (tertiary/aromatic N) is 2. The molecule has 1 aromatic rings. The van der Waals surface area contributed by atoms with Crippen LogP contribution in [0.15, 0.2) is 30.3 Å². The quantitative estimate of drug-likeness (QED) is 0.814. The summed E-state index contributed by atoms with van der Waals surface area (Å²) in [5.41, 5.74) is 0.923. The topological polar surface area (TPSA) is 32.8 Å². The summed E-state index contributed by atoms with van der Waals surface area (Å²) < 4.78 is 5.61. The Hall–Kier alpha value is -1.55. The Kier molecular flexibility index (Phi) is 5.38. The Bertz CT molecular complexity index is 577. The molecule has 0 bridgehead atoms. The predicted octanol–water partition coefficient (Wildman–Crippen LogP) is 3.81. The number of hydrogen-bond donors (Lipinski definition) is 0. The van der Waals surface area contributed by atoms with Gasteiger partial charge in [-0.3, -0.25) is 0 Å². The van der Waals surface area contributed by atoms with Crippen molar-refractivity contribution in [3.8, 4) is 0 Å². The highest BCUT2D eigenvalue weighted by Crippen LogP contribution is 2.32. The molecule has 1 heterocycles. The highest BCUT2D eigenvalue weighted by molar-refractivity contribution is 5.68. The van der Waals surface area contributed by atoms with Crippen LogP contribution in [0.4, 0.5) is 4.79 Å². The summed E-state index contributed by atoms with van der Waals surface area (Å²) in [5, 5.41) is 0. The molecular weight excluding hydrogens is 312 g/mol. The number of likely N-dealkylation sites (tertiary alicyclic amines) is 1. The van der Waals surface area contributed by atoms with Gasteiger partial charge in [-0.05, 0) is 64.5 Å². The van der Waals surface area contributed by atoms with Crippen LogP contribution in [-0.4, -0.2) is 54.2 Å². The fraction of sp³-hybridized carbons (Fsp3) is 0.667. The van der Waals surface area contributed by atoms with Crippen LogP contribution in [0.25, 0.3) is 0 Å². The first kappa shape index (κ1) is 18.2. The maximum atomic E-state index is 12.5. The van der Waals surface area contributed by atoms with Crippen molar-refractivity contribution < 1.29 is 9.53 Å². The molecule has 3 rings (SSSR count). The van der Waals surface area contributed by atoms with Crippen molar-refractivity contribution in [1.82, 2.24) is 9.80 Å². The van der Waals surface area contributed by atoms with Crippen molar-refractivity contribution in [2.45, 2.75) is 51.7 Å². The van der Waals surface area contributed by atoms with Gasteiger partial charge in [0, 0.05) is 25.7 Å². The van der Waals surface area contributed by atoms with E-state index in [0.717, 1.165) is 32.1 Å². The van der Waals surface area contributed by atoms with Gasteiger partial charge in [-0.2, -0.15) is 0 Å². The van der Waals surface area contributed by atoms with Crippen molar-refractivity contribution in [2.75, 3.05) is 26.7 Å². The lowest BCUT2D eigenvalue weighted by Crippen LogP contribution is -2.36. The van der Waals surface area contributed by atoms with E-state index in [4.69, 9.17) is 4.74 Å². The van der Waals surface area contributed by atoms with Gasteiger partial charge in [0.1, 0.15) is 5.60 Å². The monoisotopic (exact) mass is 344 g/mol. The lowest BCUT2D eigenvalue weighted by Gasteiger charge is -2.25. The molecule has 1 saturated heterocycles. The van der Waals surface area contributed by atoms with Crippen LogP contribution in [0.5, 0.6) is 0 Å². The molecule has 1 aromatic carbocycles. The van der Waals surface area contributed by atoms with Crippen LogP contribution in [0.2, 0.25) is 0 Å². The molecule has 0 spiro atoms. The minimum absolute atomic E-state index is 0.165. The van der Waals surface area contributed by atoms with Crippen LogP contribution in [0.1, 0.15) is 39.2 Å². The molecule has 1 saturated carbocycles. The summed E-state index contributed by atoms with van der Waals surface area (Å²) in [7, 11) is 2.23. The maximum absolute atomic E-state index is 12.5. The highest BCUT2D eigenvalue weighted by Gasteiger charge is 2.39. The molecule has 2 fully saturated rings. The second kappa shape index (κ2) is 7.36. The fourth-order valence-corrected chi connectivity index (χ4v) is 3.80. The summed E-state index contributed by atoms with van der Waals surface area (Å²) in [6.07, 6.45) is 3.51. The molecule has 1 aliphatic carbocycles. The summed E-state index contributed by atoms with van der Waals surface area (Å²) >= 11 is 0. The molecule has 0 N–H and O–H groups in total. The molecule has 4 heteroatoms. The smallest absolute Gasteiger partial charge is 0.410 e. The largest absolute Gasteiger partial charge is 0.444 e. The molecule has 2 atom stereocenters. The lowest BCUT2D eigenvalue weighted by molar-refractivity contribution is 0.0282. The molecule has 138 valence electrons. The Morgan fingerprint density at radius 2 is 1.80 bits per heavy atom. The summed E-state index contributed by atoms with van der Waals surface area (Å²) in [5.74, 6) is 1.01. The van der Waals surface area contributed by atoms with E-state index < -0.39 is 5.60 Å². The highest BCUT2D eigenvalue weighted by atomic mass is 16.6. The number of ether oxygens (including phenoxy) is 1. The average molecular weight is 344 g/mol. The Morgan fingerprint density at radius 1 is 1.16 bits per heavy atom. The first-order valence-corrected chi connectivity index (χ1v) is 9.54. The normalized spacial score (nSPS) is 24.0. The van der Waals surface area contributed by atoms with Crippen molar-refractivity contribution in [3.05, 3.63) is 35.9 Å². The zero-order chi connectivity index (χ0) is 18.0. The molecule has 1 amide bonds. The van der Waals surface area contributed by atoms with Gasteiger partial charge in [0.25, 0.3) is 0 Å². The van der Waals surface area contributed by atoms with E-state index >= 15 is 0 Å². The number of carbonyl (C=O) groups excluding carboxylic acids is 1. The van der Waals surface area contributed by atoms with Crippen molar-refractivity contribution in [3.63, 3.8) is 0 Å². The number of amides is 1. The van der Waals surface area contributed by atoms with E-state index in [1.54, 1.807) is 0 Å².